The van der Waals surface area contributed by atoms with Gasteiger partial charge in [0.2, 0.25) is 0 Å². The summed E-state index contributed by atoms with van der Waals surface area (Å²) in [6, 6.07) is 17.7. The van der Waals surface area contributed by atoms with Gasteiger partial charge >= 0.3 is 5.56 Å². The van der Waals surface area contributed by atoms with Crippen LogP contribution in [0.25, 0.3) is 11.4 Å². The Morgan fingerprint density at radius 1 is 0.706 bits per heavy atom. The SMILES string of the molecule is CC(=O)O.O=c1nc2ccnc-2c1=O.c1ccsc1.c1ccsc1.c1ccsc1.c1ccsc1. The van der Waals surface area contributed by atoms with E-state index >= 15 is 0 Å². The van der Waals surface area contributed by atoms with Crippen molar-refractivity contribution in [1.82, 2.24) is 9.97 Å². The maximum Gasteiger partial charge on any atom is 0.320 e. The molecule has 0 atom stereocenters. The number of carbonyl (C=O) groups is 1. The van der Waals surface area contributed by atoms with E-state index in [1.54, 1.807) is 45.3 Å². The van der Waals surface area contributed by atoms with Crippen LogP contribution in [0.5, 0.6) is 0 Å². The van der Waals surface area contributed by atoms with Crippen LogP contribution < -0.4 is 11.0 Å². The molecule has 6 nitrogen and oxygen atoms in total. The molecule has 0 bridgehead atoms. The van der Waals surface area contributed by atoms with E-state index in [9.17, 15) is 9.59 Å². The molecular formula is C24H22N2O4S4. The third kappa shape index (κ3) is 14.7. The van der Waals surface area contributed by atoms with Crippen molar-refractivity contribution in [3.05, 3.63) is 124 Å². The molecule has 2 aliphatic rings. The Balaban J connectivity index is 0.000000212. The predicted molar refractivity (Wildman–Crippen MR) is 144 cm³/mol. The van der Waals surface area contributed by atoms with Crippen molar-refractivity contribution in [3.8, 4) is 11.4 Å². The summed E-state index contributed by atoms with van der Waals surface area (Å²) in [4.78, 5) is 37.4. The molecule has 4 aromatic rings. The van der Waals surface area contributed by atoms with Gasteiger partial charge in [0, 0.05) is 13.1 Å². The number of hydrogen-bond donors (Lipinski definition) is 1. The Morgan fingerprint density at radius 3 is 1.26 bits per heavy atom. The van der Waals surface area contributed by atoms with Gasteiger partial charge in [-0.15, -0.1) is 0 Å². The first-order valence-electron chi connectivity index (χ1n) is 9.52. The minimum atomic E-state index is -0.833. The largest absolute Gasteiger partial charge is 0.481 e. The van der Waals surface area contributed by atoms with Crippen molar-refractivity contribution in [2.75, 3.05) is 0 Å². The lowest BCUT2D eigenvalue weighted by atomic mass is 10.4. The maximum atomic E-state index is 10.8. The molecule has 34 heavy (non-hydrogen) atoms. The Kier molecular flexibility index (Phi) is 16.2. The van der Waals surface area contributed by atoms with Gasteiger partial charge in [0.1, 0.15) is 5.69 Å². The average Bonchev–Trinajstić information content (AvgIpc) is 3.67. The normalized spacial score (nSPS) is 8.62. The second-order valence-corrected chi connectivity index (χ2v) is 8.88. The van der Waals surface area contributed by atoms with E-state index in [1.165, 1.54) is 12.3 Å². The highest BCUT2D eigenvalue weighted by molar-refractivity contribution is 7.08. The van der Waals surface area contributed by atoms with Crippen LogP contribution in [0, 0.1) is 0 Å². The summed E-state index contributed by atoms with van der Waals surface area (Å²) >= 11 is 6.85. The van der Waals surface area contributed by atoms with Crippen LogP contribution in [0.1, 0.15) is 6.92 Å². The van der Waals surface area contributed by atoms with E-state index in [4.69, 9.17) is 9.90 Å². The van der Waals surface area contributed by atoms with Gasteiger partial charge in [-0.2, -0.15) is 45.3 Å². The van der Waals surface area contributed by atoms with Crippen LogP contribution in [-0.4, -0.2) is 21.0 Å². The number of carboxylic acids is 1. The molecule has 0 aliphatic carbocycles. The molecule has 0 fully saturated rings. The molecule has 6 heterocycles. The zero-order chi connectivity index (χ0) is 24.9. The molecule has 4 aromatic heterocycles. The van der Waals surface area contributed by atoms with Gasteiger partial charge in [0.05, 0.1) is 5.69 Å². The number of aliphatic carboxylic acids is 1. The van der Waals surface area contributed by atoms with Gasteiger partial charge in [0.15, 0.2) is 0 Å². The Hall–Kier alpha value is -3.31. The Bertz CT molecular complexity index is 1050. The lowest BCUT2D eigenvalue weighted by molar-refractivity contribution is -0.134. The fourth-order valence-corrected chi connectivity index (χ4v) is 3.58. The van der Waals surface area contributed by atoms with E-state index in [2.05, 4.69) is 9.97 Å². The number of carboxylic acid groups (broad SMARTS) is 1. The maximum absolute atomic E-state index is 10.8. The number of fused-ring (bicyclic) bond motifs is 1. The highest BCUT2D eigenvalue weighted by Crippen LogP contribution is 2.08. The van der Waals surface area contributed by atoms with Crippen molar-refractivity contribution in [2.24, 2.45) is 0 Å². The fraction of sp³-hybridized carbons (Fsp3) is 0.0417. The molecule has 0 aromatic carbocycles. The molecule has 2 aliphatic heterocycles. The van der Waals surface area contributed by atoms with Crippen molar-refractivity contribution >= 4 is 51.3 Å². The van der Waals surface area contributed by atoms with Gasteiger partial charge < -0.3 is 5.11 Å². The topological polar surface area (TPSA) is 97.2 Å². The molecule has 10 heteroatoms. The number of hydrogen-bond acceptors (Lipinski definition) is 9. The van der Waals surface area contributed by atoms with E-state index in [0.29, 0.717) is 5.69 Å². The molecule has 0 radical (unpaired) electrons. The lowest BCUT2D eigenvalue weighted by Crippen LogP contribution is -2.19. The third-order valence-electron chi connectivity index (χ3n) is 3.01. The monoisotopic (exact) mass is 530 g/mol. The van der Waals surface area contributed by atoms with Gasteiger partial charge in [0.25, 0.3) is 11.4 Å². The number of rotatable bonds is 0. The Labute approximate surface area is 213 Å². The average molecular weight is 531 g/mol. The van der Waals surface area contributed by atoms with Crippen LogP contribution in [0.2, 0.25) is 0 Å². The van der Waals surface area contributed by atoms with E-state index in [-0.39, 0.29) is 5.69 Å². The number of thiophene rings is 4. The van der Waals surface area contributed by atoms with Crippen molar-refractivity contribution in [1.29, 1.82) is 0 Å². The summed E-state index contributed by atoms with van der Waals surface area (Å²) in [7, 11) is 0. The van der Waals surface area contributed by atoms with Gasteiger partial charge in [-0.1, -0.05) is 48.5 Å². The van der Waals surface area contributed by atoms with Crippen molar-refractivity contribution < 1.29 is 9.90 Å². The van der Waals surface area contributed by atoms with E-state index in [1.807, 2.05) is 91.6 Å². The van der Waals surface area contributed by atoms with Crippen LogP contribution in [0.15, 0.2) is 113 Å². The van der Waals surface area contributed by atoms with Gasteiger partial charge in [-0.3, -0.25) is 19.4 Å². The van der Waals surface area contributed by atoms with Crippen LogP contribution in [0.4, 0.5) is 0 Å². The van der Waals surface area contributed by atoms with Crippen molar-refractivity contribution in [2.45, 2.75) is 6.92 Å². The first-order valence-corrected chi connectivity index (χ1v) is 13.3. The molecule has 176 valence electrons. The molecule has 6 rings (SSSR count). The van der Waals surface area contributed by atoms with E-state index < -0.39 is 17.0 Å². The van der Waals surface area contributed by atoms with Gasteiger partial charge in [-0.25, -0.2) is 4.98 Å². The van der Waals surface area contributed by atoms with Crippen LogP contribution in [0.3, 0.4) is 0 Å². The summed E-state index contributed by atoms with van der Waals surface area (Å²) in [6.45, 7) is 1.08. The standard InChI is InChI=1S/C6H2N2O2.4C4H4S.C2H4O2/c9-5-4-3(1-2-7-4)8-6(5)10;4*1-2-4-5-3-1;1-2(3)4/h1-2H;4*1-4H;1H3,(H,3,4). The minimum absolute atomic E-state index is 0.185. The second kappa shape index (κ2) is 19.2. The molecule has 0 amide bonds. The summed E-state index contributed by atoms with van der Waals surface area (Å²) in [6.07, 6.45) is 1.46. The number of aromatic nitrogens is 2. The zero-order valence-corrected chi connectivity index (χ0v) is 21.4. The highest BCUT2D eigenvalue weighted by atomic mass is 32.1. The van der Waals surface area contributed by atoms with Crippen LogP contribution >= 0.6 is 45.3 Å². The first-order chi connectivity index (χ1) is 16.5. The Morgan fingerprint density at radius 2 is 1.03 bits per heavy atom. The second-order valence-electron chi connectivity index (χ2n) is 5.62. The molecular weight excluding hydrogens is 509 g/mol. The molecule has 0 saturated carbocycles. The number of nitrogens with zero attached hydrogens (tertiary/aromatic N) is 2. The first kappa shape index (κ1) is 28.7. The summed E-state index contributed by atoms with van der Waals surface area (Å²) in [5, 5.41) is 23.8. The molecule has 0 unspecified atom stereocenters. The van der Waals surface area contributed by atoms with E-state index in [0.717, 1.165) is 6.92 Å². The highest BCUT2D eigenvalue weighted by Gasteiger charge is 2.14. The lowest BCUT2D eigenvalue weighted by Gasteiger charge is -1.72. The fourth-order valence-electron chi connectivity index (χ4n) is 1.76. The molecule has 1 N–H and O–H groups in total. The van der Waals surface area contributed by atoms with Crippen LogP contribution in [-0.2, 0) is 4.79 Å². The molecule has 0 spiro atoms. The predicted octanol–water partition coefficient (Wildman–Crippen LogP) is 6.26. The van der Waals surface area contributed by atoms with Crippen molar-refractivity contribution in [3.63, 3.8) is 0 Å². The zero-order valence-electron chi connectivity index (χ0n) is 18.1. The quantitative estimate of drug-likeness (QED) is 0.233. The summed E-state index contributed by atoms with van der Waals surface area (Å²) in [5.74, 6) is -0.833. The summed E-state index contributed by atoms with van der Waals surface area (Å²) < 4.78 is 0. The third-order valence-corrected chi connectivity index (χ3v) is 5.53. The smallest absolute Gasteiger partial charge is 0.320 e. The molecule has 0 saturated heterocycles. The summed E-state index contributed by atoms with van der Waals surface area (Å²) in [5.41, 5.74) is -0.724. The minimum Gasteiger partial charge on any atom is -0.481 e. The van der Waals surface area contributed by atoms with Gasteiger partial charge in [-0.05, 0) is 49.1 Å².